The molecule has 8 nitrogen and oxygen atoms in total. The Bertz CT molecular complexity index is 1350. The molecule has 0 saturated carbocycles. The number of imidazole rings is 1. The molecule has 1 amide bonds. The van der Waals surface area contributed by atoms with Crippen LogP contribution in [0.2, 0.25) is 0 Å². The van der Waals surface area contributed by atoms with Crippen LogP contribution in [-0.4, -0.2) is 40.1 Å². The van der Waals surface area contributed by atoms with E-state index in [1.807, 2.05) is 0 Å². The average Bonchev–Trinajstić information content (AvgIpc) is 3.08. The van der Waals surface area contributed by atoms with Crippen molar-refractivity contribution in [1.29, 1.82) is 0 Å². The number of rotatable bonds is 6. The molecule has 2 N–H and O–H groups in total. The molecule has 2 aromatic heterocycles. The molecule has 0 radical (unpaired) electrons. The first-order chi connectivity index (χ1) is 16.2. The van der Waals surface area contributed by atoms with E-state index < -0.39 is 46.7 Å². The summed E-state index contributed by atoms with van der Waals surface area (Å²) >= 11 is 1.14. The number of carbonyl (C=O) groups is 1. The maximum Gasteiger partial charge on any atom is 0.449 e. The van der Waals surface area contributed by atoms with Gasteiger partial charge in [-0.15, -0.1) is 16.5 Å². The lowest BCUT2D eigenvalue weighted by atomic mass is 10.1. The van der Waals surface area contributed by atoms with Crippen LogP contribution in [0.5, 0.6) is 0 Å². The van der Waals surface area contributed by atoms with Crippen molar-refractivity contribution in [3.8, 4) is 0 Å². The van der Waals surface area contributed by atoms with Crippen molar-refractivity contribution in [3.63, 3.8) is 0 Å². The number of halogens is 6. The number of hydrogen-bond donors (Lipinski definition) is 2. The largest absolute Gasteiger partial charge is 0.449 e. The summed E-state index contributed by atoms with van der Waals surface area (Å²) in [5, 5.41) is 4.69. The Morgan fingerprint density at radius 1 is 1.14 bits per heavy atom. The Labute approximate surface area is 198 Å². The van der Waals surface area contributed by atoms with E-state index in [2.05, 4.69) is 20.5 Å². The normalized spacial score (nSPS) is 12.2. The van der Waals surface area contributed by atoms with Crippen molar-refractivity contribution >= 4 is 40.1 Å². The van der Waals surface area contributed by atoms with Gasteiger partial charge in [-0.3, -0.25) is 9.59 Å². The van der Waals surface area contributed by atoms with E-state index in [1.54, 1.807) is 6.92 Å². The van der Waals surface area contributed by atoms with Crippen LogP contribution in [0, 0.1) is 0 Å². The van der Waals surface area contributed by atoms with Gasteiger partial charge in [-0.05, 0) is 24.0 Å². The Morgan fingerprint density at radius 2 is 1.80 bits per heavy atom. The quantitative estimate of drug-likeness (QED) is 0.371. The molecule has 0 unspecified atom stereocenters. The van der Waals surface area contributed by atoms with Crippen LogP contribution < -0.4 is 21.0 Å². The van der Waals surface area contributed by atoms with Gasteiger partial charge in [0.25, 0.3) is 5.91 Å². The van der Waals surface area contributed by atoms with Crippen LogP contribution in [0.4, 0.5) is 37.7 Å². The second kappa shape index (κ2) is 9.36. The number of anilines is 2. The van der Waals surface area contributed by atoms with Crippen LogP contribution in [0.3, 0.4) is 0 Å². The Hall–Kier alpha value is -3.36. The molecular weight excluding hydrogens is 504 g/mol. The summed E-state index contributed by atoms with van der Waals surface area (Å²) in [6.07, 6.45) is -9.74. The van der Waals surface area contributed by atoms with Crippen molar-refractivity contribution < 1.29 is 36.0 Å². The Morgan fingerprint density at radius 3 is 2.31 bits per heavy atom. The molecule has 0 atom stereocenters. The SMILES string of the molecule is CCSc1cc2c(cc1C(=O)Nc1cc(C(F)(F)F)n(OC)c(=O)c1NC)nc(C(F)(F)F)n2C. The number of nitrogens with one attached hydrogen (secondary N) is 2. The fourth-order valence-electron chi connectivity index (χ4n) is 3.43. The summed E-state index contributed by atoms with van der Waals surface area (Å²) in [5.74, 6) is -1.67. The predicted molar refractivity (Wildman–Crippen MR) is 118 cm³/mol. The van der Waals surface area contributed by atoms with E-state index in [-0.39, 0.29) is 26.2 Å². The smallest absolute Gasteiger partial charge is 0.413 e. The van der Waals surface area contributed by atoms with E-state index >= 15 is 0 Å². The number of aromatic nitrogens is 3. The number of hydrogen-bond acceptors (Lipinski definition) is 6. The zero-order chi connectivity index (χ0) is 26.3. The first-order valence-corrected chi connectivity index (χ1v) is 10.8. The highest BCUT2D eigenvalue weighted by Gasteiger charge is 2.38. The number of fused-ring (bicyclic) bond motifs is 1. The summed E-state index contributed by atoms with van der Waals surface area (Å²) in [7, 11) is 3.32. The highest BCUT2D eigenvalue weighted by Crippen LogP contribution is 2.35. The highest BCUT2D eigenvalue weighted by molar-refractivity contribution is 7.99. The summed E-state index contributed by atoms with van der Waals surface area (Å²) in [5.41, 5.74) is -3.71. The molecular formula is C20H19F6N5O3S. The van der Waals surface area contributed by atoms with Gasteiger partial charge in [-0.2, -0.15) is 26.3 Å². The minimum Gasteiger partial charge on any atom is -0.413 e. The molecule has 0 fully saturated rings. The maximum absolute atomic E-state index is 13.5. The zero-order valence-electron chi connectivity index (χ0n) is 18.7. The van der Waals surface area contributed by atoms with Gasteiger partial charge in [0.15, 0.2) is 5.69 Å². The lowest BCUT2D eigenvalue weighted by molar-refractivity contribution is -0.151. The first-order valence-electron chi connectivity index (χ1n) is 9.85. The molecule has 190 valence electrons. The zero-order valence-corrected chi connectivity index (χ0v) is 19.5. The van der Waals surface area contributed by atoms with Crippen molar-refractivity contribution in [1.82, 2.24) is 14.3 Å². The molecule has 35 heavy (non-hydrogen) atoms. The molecule has 0 bridgehead atoms. The number of benzene rings is 1. The number of alkyl halides is 6. The van der Waals surface area contributed by atoms with Crippen LogP contribution in [-0.2, 0) is 19.4 Å². The van der Waals surface area contributed by atoms with E-state index in [9.17, 15) is 35.9 Å². The molecule has 0 aliphatic rings. The molecule has 15 heteroatoms. The van der Waals surface area contributed by atoms with Crippen LogP contribution in [0.25, 0.3) is 11.0 Å². The third kappa shape index (κ3) is 4.90. The third-order valence-electron chi connectivity index (χ3n) is 4.92. The van der Waals surface area contributed by atoms with Gasteiger partial charge in [0.05, 0.1) is 22.3 Å². The number of amides is 1. The average molecular weight is 523 g/mol. The van der Waals surface area contributed by atoms with Gasteiger partial charge in [-0.1, -0.05) is 6.92 Å². The first kappa shape index (κ1) is 26.2. The number of nitrogens with zero attached hydrogens (tertiary/aromatic N) is 3. The van der Waals surface area contributed by atoms with Gasteiger partial charge >= 0.3 is 17.9 Å². The standard InChI is InChI=1S/C20H19F6N5O3S/c1-5-35-13-8-12-10(29-18(30(12)3)20(24,25)26)6-9(13)16(32)28-11-7-14(19(21,22)23)31(34-4)17(33)15(11)27-2/h6-8,27H,5H2,1-4H3,(H,28,32). The van der Waals surface area contributed by atoms with Crippen LogP contribution >= 0.6 is 11.8 Å². The summed E-state index contributed by atoms with van der Waals surface area (Å²) < 4.78 is 81.2. The van der Waals surface area contributed by atoms with Gasteiger partial charge in [0.2, 0.25) is 5.82 Å². The highest BCUT2D eigenvalue weighted by atomic mass is 32.2. The molecule has 0 spiro atoms. The second-order valence-electron chi connectivity index (χ2n) is 7.06. The summed E-state index contributed by atoms with van der Waals surface area (Å²) in [6, 6.07) is 2.99. The minimum absolute atomic E-state index is 0.0263. The summed E-state index contributed by atoms with van der Waals surface area (Å²) in [4.78, 5) is 34.0. The summed E-state index contributed by atoms with van der Waals surface area (Å²) in [6.45, 7) is 1.75. The minimum atomic E-state index is -5.00. The number of pyridine rings is 1. The third-order valence-corrected chi connectivity index (χ3v) is 5.86. The Balaban J connectivity index is 2.17. The lowest BCUT2D eigenvalue weighted by Crippen LogP contribution is -2.34. The number of carbonyl (C=O) groups excluding carboxylic acids is 1. The molecule has 0 saturated heterocycles. The molecule has 0 aliphatic carbocycles. The van der Waals surface area contributed by atoms with Gasteiger partial charge in [-0.25, -0.2) is 4.98 Å². The van der Waals surface area contributed by atoms with Gasteiger partial charge < -0.3 is 20.0 Å². The molecule has 2 heterocycles. The second-order valence-corrected chi connectivity index (χ2v) is 8.37. The fourth-order valence-corrected chi connectivity index (χ4v) is 4.24. The van der Waals surface area contributed by atoms with Gasteiger partial charge in [0, 0.05) is 19.0 Å². The van der Waals surface area contributed by atoms with Crippen molar-refractivity contribution in [2.75, 3.05) is 30.5 Å². The van der Waals surface area contributed by atoms with E-state index in [0.29, 0.717) is 11.8 Å². The van der Waals surface area contributed by atoms with Crippen LogP contribution in [0.15, 0.2) is 27.9 Å². The van der Waals surface area contributed by atoms with E-state index in [1.165, 1.54) is 20.2 Å². The topological polar surface area (TPSA) is 90.2 Å². The fraction of sp³-hybridized carbons (Fsp3) is 0.350. The number of thioether (sulfide) groups is 1. The molecule has 3 aromatic rings. The lowest BCUT2D eigenvalue weighted by Gasteiger charge is -2.18. The van der Waals surface area contributed by atoms with Crippen molar-refractivity contribution in [2.45, 2.75) is 24.2 Å². The maximum atomic E-state index is 13.5. The van der Waals surface area contributed by atoms with Crippen molar-refractivity contribution in [3.05, 3.63) is 45.6 Å². The molecule has 0 aliphatic heterocycles. The number of aryl methyl sites for hydroxylation is 1. The molecule has 3 rings (SSSR count). The van der Waals surface area contributed by atoms with E-state index in [4.69, 9.17) is 0 Å². The van der Waals surface area contributed by atoms with E-state index in [0.717, 1.165) is 29.5 Å². The van der Waals surface area contributed by atoms with Gasteiger partial charge in [0.1, 0.15) is 12.8 Å². The molecule has 1 aromatic carbocycles. The van der Waals surface area contributed by atoms with Crippen molar-refractivity contribution in [2.24, 2.45) is 7.05 Å². The van der Waals surface area contributed by atoms with Crippen LogP contribution in [0.1, 0.15) is 28.8 Å². The Kier molecular flexibility index (Phi) is 7.02. The predicted octanol–water partition coefficient (Wildman–Crippen LogP) is 4.24. The monoisotopic (exact) mass is 523 g/mol.